The predicted octanol–water partition coefficient (Wildman–Crippen LogP) is 23.2. The number of fused-ring (bicyclic) bond motifs is 4. The number of aryl methyl sites for hydroxylation is 8. The van der Waals surface area contributed by atoms with Gasteiger partial charge in [0.1, 0.15) is 22.8 Å². The van der Waals surface area contributed by atoms with Gasteiger partial charge in [0.2, 0.25) is 0 Å². The second-order valence-corrected chi connectivity index (χ2v) is 36.0. The Morgan fingerprint density at radius 3 is 0.758 bits per heavy atom. The maximum Gasteiger partial charge on any atom is 0.277 e. The van der Waals surface area contributed by atoms with Crippen molar-refractivity contribution in [1.29, 1.82) is 0 Å². The summed E-state index contributed by atoms with van der Waals surface area (Å²) in [5, 5.41) is 18.9. The predicted molar refractivity (Wildman–Crippen MR) is 559 cm³/mol. The molecule has 0 unspecified atom stereocenters. The van der Waals surface area contributed by atoms with Crippen LogP contribution in [0.1, 0.15) is 352 Å². The molecule has 0 spiro atoms. The second kappa shape index (κ2) is 50.2. The van der Waals surface area contributed by atoms with Gasteiger partial charge in [0, 0.05) is 103 Å². The molecule has 132 heavy (non-hydrogen) atoms. The molecular weight excluding hydrogens is 1640 g/mol. The average Bonchev–Trinajstić information content (AvgIpc) is 1.69. The molecule has 0 radical (unpaired) electrons. The van der Waals surface area contributed by atoms with Crippen LogP contribution in [0.4, 0.5) is 45.5 Å². The molecule has 4 aromatic carbocycles. The first kappa shape index (κ1) is 105. The topological polar surface area (TPSA) is 251 Å². The highest BCUT2D eigenvalue weighted by Crippen LogP contribution is 2.35. The molecular formula is C108H156N20O4. The Bertz CT molecular complexity index is 5820. The number of anilines is 4. The quantitative estimate of drug-likeness (QED) is 0.0324. The molecule has 712 valence electrons. The second-order valence-electron chi connectivity index (χ2n) is 36.0. The lowest BCUT2D eigenvalue weighted by molar-refractivity contribution is 0.592. The van der Waals surface area contributed by atoms with E-state index >= 15 is 0 Å². The first-order valence-electron chi connectivity index (χ1n) is 50.3. The third kappa shape index (κ3) is 24.7. The van der Waals surface area contributed by atoms with Crippen LogP contribution in [-0.2, 0) is 51.4 Å². The van der Waals surface area contributed by atoms with E-state index in [9.17, 15) is 19.2 Å². The fourth-order valence-corrected chi connectivity index (χ4v) is 17.5. The van der Waals surface area contributed by atoms with E-state index < -0.39 is 0 Å². The van der Waals surface area contributed by atoms with Crippen molar-refractivity contribution in [2.75, 3.05) is 72.0 Å². The molecule has 0 bridgehead atoms. The van der Waals surface area contributed by atoms with E-state index in [0.717, 1.165) is 343 Å². The molecule has 0 amide bonds. The minimum atomic E-state index is -0.274. The van der Waals surface area contributed by atoms with Crippen molar-refractivity contribution in [2.45, 2.75) is 341 Å². The molecule has 8 aromatic rings. The van der Waals surface area contributed by atoms with Gasteiger partial charge in [0.05, 0.1) is 68.4 Å². The normalized spacial score (nSPS) is 14.1. The van der Waals surface area contributed by atoms with Crippen molar-refractivity contribution >= 4 is 91.2 Å². The maximum absolute atomic E-state index is 13.4. The number of benzene rings is 4. The van der Waals surface area contributed by atoms with Gasteiger partial charge in [-0.25, -0.2) is 39.9 Å². The Balaban J connectivity index is 0.000000198. The van der Waals surface area contributed by atoms with E-state index in [-0.39, 0.29) is 27.7 Å². The van der Waals surface area contributed by atoms with Crippen molar-refractivity contribution in [3.63, 3.8) is 0 Å². The van der Waals surface area contributed by atoms with Crippen LogP contribution in [0.15, 0.2) is 132 Å². The van der Waals surface area contributed by atoms with E-state index in [1.54, 1.807) is 0 Å². The van der Waals surface area contributed by atoms with Crippen LogP contribution < -0.4 is 41.8 Å². The molecule has 0 aliphatic carbocycles. The Labute approximate surface area is 788 Å². The van der Waals surface area contributed by atoms with Crippen LogP contribution >= 0.6 is 0 Å². The minimum absolute atomic E-state index is 0.0238. The number of aromatic nitrogens is 8. The fourth-order valence-electron chi connectivity index (χ4n) is 17.5. The Morgan fingerprint density at radius 1 is 0.273 bits per heavy atom. The molecule has 24 heteroatoms. The van der Waals surface area contributed by atoms with E-state index in [4.69, 9.17) is 55.2 Å². The first-order chi connectivity index (χ1) is 63.6. The molecule has 0 fully saturated rings. The summed E-state index contributed by atoms with van der Waals surface area (Å²) >= 11 is 0. The van der Waals surface area contributed by atoms with Crippen LogP contribution in [0.25, 0.3) is 0 Å². The number of hydrogen-bond acceptors (Lipinski definition) is 20. The number of aliphatic imine (C=N–C) groups is 4. The summed E-state index contributed by atoms with van der Waals surface area (Å²) in [6, 6.07) is 25.5. The Morgan fingerprint density at radius 2 is 0.515 bits per heavy atom. The Kier molecular flexibility index (Phi) is 39.8. The molecule has 4 aromatic heterocycles. The van der Waals surface area contributed by atoms with E-state index in [1.165, 1.54) is 41.5 Å². The van der Waals surface area contributed by atoms with Gasteiger partial charge in [-0.05, 0) is 262 Å². The zero-order valence-electron chi connectivity index (χ0n) is 85.3. The van der Waals surface area contributed by atoms with Crippen LogP contribution in [-0.4, -0.2) is 137 Å². The molecule has 8 heterocycles. The van der Waals surface area contributed by atoms with Gasteiger partial charge in [-0.2, -0.15) is 39.1 Å². The highest BCUT2D eigenvalue weighted by Gasteiger charge is 2.37. The Hall–Kier alpha value is -11.0. The minimum Gasteiger partial charge on any atom is -0.372 e. The van der Waals surface area contributed by atoms with Gasteiger partial charge in [0.15, 0.2) is 23.3 Å². The molecule has 4 aliphatic rings. The summed E-state index contributed by atoms with van der Waals surface area (Å²) in [7, 11) is 0. The monoisotopic (exact) mass is 1800 g/mol. The molecule has 0 atom stereocenters. The molecule has 0 N–H and O–H groups in total. The van der Waals surface area contributed by atoms with Crippen molar-refractivity contribution in [2.24, 2.45) is 45.8 Å². The van der Waals surface area contributed by atoms with Crippen LogP contribution in [0.5, 0.6) is 0 Å². The summed E-state index contributed by atoms with van der Waals surface area (Å²) in [6.07, 6.45) is 22.2. The molecule has 4 aliphatic heterocycles. The largest absolute Gasteiger partial charge is 0.372 e. The number of rotatable bonds is 41. The smallest absolute Gasteiger partial charge is 0.277 e. The summed E-state index contributed by atoms with van der Waals surface area (Å²) in [5.74, 6) is 2.36. The SMILES string of the molecule is CCCC1=Nn2c(nc(CCC)c(CCC)c2=O)C1=Nc1ccc(N(CC)CC)cc1C.CCCCCC1=Nn2c(nc(CCC)c(CCC)c2=O)C1=Nc1ccc(N(CC)CC)cc1C.CCCCc1c(CCC)nc2n(c1=O)N=C(CCC)C2=Nc1ccc(N(CC)CC)cc1C.CCCc1nc2n(c(=O)c1CCC)N=C(C(C)(C)C)C2=Nc1ccc(N(CC)CC)cc1C. The highest BCUT2D eigenvalue weighted by molar-refractivity contribution is 6.51. The summed E-state index contributed by atoms with van der Waals surface area (Å²) in [4.78, 5) is 103. The lowest BCUT2D eigenvalue weighted by Crippen LogP contribution is -2.29. The molecule has 0 saturated carbocycles. The number of unbranched alkanes of at least 4 members (excludes halogenated alkanes) is 3. The lowest BCUT2D eigenvalue weighted by atomic mass is 9.87. The lowest BCUT2D eigenvalue weighted by Gasteiger charge is -2.22. The van der Waals surface area contributed by atoms with Crippen LogP contribution in [0.3, 0.4) is 0 Å². The summed E-state index contributed by atoms with van der Waals surface area (Å²) < 4.78 is 6.01. The molecule has 0 saturated heterocycles. The van der Waals surface area contributed by atoms with Crippen molar-refractivity contribution in [1.82, 2.24) is 38.6 Å². The highest BCUT2D eigenvalue weighted by atomic mass is 16.2. The van der Waals surface area contributed by atoms with Gasteiger partial charge < -0.3 is 19.6 Å². The zero-order valence-corrected chi connectivity index (χ0v) is 85.3. The zero-order chi connectivity index (χ0) is 96.2. The maximum atomic E-state index is 13.4. The van der Waals surface area contributed by atoms with Gasteiger partial charge in [-0.1, -0.05) is 174 Å². The van der Waals surface area contributed by atoms with Crippen molar-refractivity contribution < 1.29 is 0 Å². The standard InChI is InChI=1S/C28H41N5O.2C27H39N5O.C26H37N5O/c1-7-12-13-16-25-26(29-23-18-17-21(19-20(23)6)32(10-4)11-5)27-30-24(15-9-3)22(14-8-2)28(34)33(27)31-25;1-9-13-20-22(14-10-2)29-25-23(24(27(6,7)8)30-32(25)26(20)33)28-21-16-15-19(17-18(21)5)31(11-3)12-4;1-7-12-15-21-23(13-8-2)29-26-25(24(14-9-3)30-32(26)27(21)33)28-22-17-16-20(18-19(22)6)31(10-4)11-5;1-7-12-20-22(13-8-2)28-25-24(23(14-9-3)29-31(25)26(20)32)27-21-16-15-19(17-18(21)6)30(10-4)11-5/h17-19H,7-16H2,1-6H3;15-17H,9-14H2,1-8H3;16-18H,7-15H2,1-6H3;15-17H,7-14H2,1-6H3. The van der Waals surface area contributed by atoms with Gasteiger partial charge in [0.25, 0.3) is 22.2 Å². The van der Waals surface area contributed by atoms with E-state index in [0.29, 0.717) is 29.0 Å². The third-order valence-electron chi connectivity index (χ3n) is 24.8. The van der Waals surface area contributed by atoms with Crippen molar-refractivity contribution in [3.05, 3.63) is 205 Å². The van der Waals surface area contributed by atoms with Crippen molar-refractivity contribution in [3.8, 4) is 0 Å². The number of hydrogen-bond donors (Lipinski definition) is 0. The summed E-state index contributed by atoms with van der Waals surface area (Å²) in [6.45, 7) is 63.2. The average molecular weight is 1800 g/mol. The first-order valence-corrected chi connectivity index (χ1v) is 50.3. The number of nitrogens with zero attached hydrogens (tertiary/aromatic N) is 20. The van der Waals surface area contributed by atoms with Crippen LogP contribution in [0, 0.1) is 33.1 Å². The fraction of sp³-hybridized carbons (Fsp3) is 0.556. The summed E-state index contributed by atoms with van der Waals surface area (Å²) in [5.41, 5.74) is 25.6. The van der Waals surface area contributed by atoms with E-state index in [2.05, 4.69) is 278 Å². The third-order valence-corrected chi connectivity index (χ3v) is 24.8. The van der Waals surface area contributed by atoms with Gasteiger partial charge in [-0.15, -0.1) is 0 Å². The van der Waals surface area contributed by atoms with Gasteiger partial charge >= 0.3 is 0 Å². The van der Waals surface area contributed by atoms with E-state index in [1.807, 2.05) is 0 Å². The van der Waals surface area contributed by atoms with Crippen LogP contribution in [0.2, 0.25) is 0 Å². The van der Waals surface area contributed by atoms with Gasteiger partial charge in [-0.3, -0.25) is 19.2 Å². The molecule has 24 nitrogen and oxygen atoms in total. The molecule has 12 rings (SSSR count).